The fraction of sp³-hybridized carbons (Fsp3) is 0.412. The van der Waals surface area contributed by atoms with Gasteiger partial charge in [-0.05, 0) is 17.7 Å². The molecule has 0 fully saturated rings. The number of anilines is 1. The fourth-order valence-corrected chi connectivity index (χ4v) is 2.12. The zero-order valence-corrected chi connectivity index (χ0v) is 13.2. The van der Waals surface area contributed by atoms with Crippen LogP contribution < -0.4 is 10.6 Å². The highest BCUT2D eigenvalue weighted by molar-refractivity contribution is 6.09. The molecule has 0 saturated carbocycles. The molecule has 2 aromatic rings. The molecule has 2 rings (SSSR count). The molecular weight excluding hydrogens is 262 g/mol. The van der Waals surface area contributed by atoms with Gasteiger partial charge in [0, 0.05) is 24.7 Å². The Morgan fingerprint density at radius 1 is 1.19 bits per heavy atom. The van der Waals surface area contributed by atoms with Crippen molar-refractivity contribution >= 4 is 22.5 Å². The Kier molecular flexibility index (Phi) is 4.46. The third-order valence-corrected chi connectivity index (χ3v) is 3.16. The number of carbonyl (C=O) groups excluding carboxylic acids is 1. The van der Waals surface area contributed by atoms with E-state index in [9.17, 15) is 4.79 Å². The quantitative estimate of drug-likeness (QED) is 0.904. The highest BCUT2D eigenvalue weighted by Crippen LogP contribution is 2.24. The molecule has 0 aliphatic heterocycles. The molecular formula is C17H23N3O. The van der Waals surface area contributed by atoms with E-state index in [4.69, 9.17) is 0 Å². The van der Waals surface area contributed by atoms with Crippen molar-refractivity contribution in [1.29, 1.82) is 0 Å². The Labute approximate surface area is 126 Å². The molecule has 112 valence electrons. The van der Waals surface area contributed by atoms with Gasteiger partial charge in [0.15, 0.2) is 0 Å². The number of hydrogen-bond donors (Lipinski definition) is 2. The van der Waals surface area contributed by atoms with E-state index in [-0.39, 0.29) is 11.3 Å². The van der Waals surface area contributed by atoms with Gasteiger partial charge in [-0.2, -0.15) is 0 Å². The second kappa shape index (κ2) is 6.12. The highest BCUT2D eigenvalue weighted by atomic mass is 16.1. The summed E-state index contributed by atoms with van der Waals surface area (Å²) in [6.07, 6.45) is 1.65. The molecule has 0 aliphatic rings. The standard InChI is InChI=1S/C17H23N3O/c1-5-18-15-13-9-7-6-8-12(13)14(10-19-15)16(21)20-11-17(2,3)4/h6-10H,5,11H2,1-4H3,(H,18,19)(H,20,21). The van der Waals surface area contributed by atoms with Crippen molar-refractivity contribution < 1.29 is 4.79 Å². The van der Waals surface area contributed by atoms with Crippen molar-refractivity contribution in [2.45, 2.75) is 27.7 Å². The molecule has 2 N–H and O–H groups in total. The fourth-order valence-electron chi connectivity index (χ4n) is 2.12. The van der Waals surface area contributed by atoms with Crippen LogP contribution in [0.5, 0.6) is 0 Å². The Morgan fingerprint density at radius 3 is 2.48 bits per heavy atom. The van der Waals surface area contributed by atoms with Gasteiger partial charge in [-0.15, -0.1) is 0 Å². The lowest BCUT2D eigenvalue weighted by Crippen LogP contribution is -2.32. The summed E-state index contributed by atoms with van der Waals surface area (Å²) in [5.41, 5.74) is 0.680. The summed E-state index contributed by atoms with van der Waals surface area (Å²) in [6.45, 7) is 9.75. The maximum atomic E-state index is 12.4. The highest BCUT2D eigenvalue weighted by Gasteiger charge is 2.16. The molecule has 1 aromatic carbocycles. The van der Waals surface area contributed by atoms with Crippen LogP contribution in [-0.4, -0.2) is 24.0 Å². The molecule has 0 spiro atoms. The van der Waals surface area contributed by atoms with Crippen LogP contribution in [0.25, 0.3) is 10.8 Å². The van der Waals surface area contributed by atoms with Crippen molar-refractivity contribution in [2.75, 3.05) is 18.4 Å². The monoisotopic (exact) mass is 285 g/mol. The van der Waals surface area contributed by atoms with E-state index >= 15 is 0 Å². The molecule has 0 atom stereocenters. The minimum atomic E-state index is -0.0725. The lowest BCUT2D eigenvalue weighted by atomic mass is 9.96. The molecule has 0 saturated heterocycles. The summed E-state index contributed by atoms with van der Waals surface area (Å²) in [4.78, 5) is 16.8. The van der Waals surface area contributed by atoms with Crippen molar-refractivity contribution in [3.8, 4) is 0 Å². The first-order valence-electron chi connectivity index (χ1n) is 7.32. The third kappa shape index (κ3) is 3.72. The second-order valence-corrected chi connectivity index (χ2v) is 6.34. The number of fused-ring (bicyclic) bond motifs is 1. The van der Waals surface area contributed by atoms with E-state index in [0.29, 0.717) is 12.1 Å². The number of amides is 1. The number of pyridine rings is 1. The normalized spacial score (nSPS) is 11.4. The van der Waals surface area contributed by atoms with Crippen LogP contribution in [-0.2, 0) is 0 Å². The van der Waals surface area contributed by atoms with Crippen LogP contribution in [0.3, 0.4) is 0 Å². The van der Waals surface area contributed by atoms with Gasteiger partial charge < -0.3 is 10.6 Å². The molecule has 0 radical (unpaired) electrons. The zero-order valence-electron chi connectivity index (χ0n) is 13.2. The lowest BCUT2D eigenvalue weighted by Gasteiger charge is -2.19. The van der Waals surface area contributed by atoms with Gasteiger partial charge in [-0.25, -0.2) is 4.98 Å². The summed E-state index contributed by atoms with van der Waals surface area (Å²) < 4.78 is 0. The molecule has 21 heavy (non-hydrogen) atoms. The third-order valence-electron chi connectivity index (χ3n) is 3.16. The maximum Gasteiger partial charge on any atom is 0.253 e. The van der Waals surface area contributed by atoms with Gasteiger partial charge >= 0.3 is 0 Å². The van der Waals surface area contributed by atoms with Crippen LogP contribution in [0.1, 0.15) is 38.1 Å². The van der Waals surface area contributed by atoms with Crippen molar-refractivity contribution in [3.63, 3.8) is 0 Å². The van der Waals surface area contributed by atoms with Crippen LogP contribution in [0, 0.1) is 5.41 Å². The van der Waals surface area contributed by atoms with E-state index in [1.165, 1.54) is 0 Å². The lowest BCUT2D eigenvalue weighted by molar-refractivity contribution is 0.0940. The topological polar surface area (TPSA) is 54.0 Å². The van der Waals surface area contributed by atoms with Gasteiger partial charge in [0.1, 0.15) is 5.82 Å². The van der Waals surface area contributed by atoms with Crippen LogP contribution in [0.15, 0.2) is 30.5 Å². The van der Waals surface area contributed by atoms with E-state index in [0.717, 1.165) is 23.1 Å². The summed E-state index contributed by atoms with van der Waals surface area (Å²) >= 11 is 0. The van der Waals surface area contributed by atoms with Gasteiger partial charge in [-0.3, -0.25) is 4.79 Å². The number of rotatable bonds is 4. The van der Waals surface area contributed by atoms with Crippen molar-refractivity contribution in [1.82, 2.24) is 10.3 Å². The number of hydrogen-bond acceptors (Lipinski definition) is 3. The first-order valence-corrected chi connectivity index (χ1v) is 7.32. The summed E-state index contributed by atoms with van der Waals surface area (Å²) in [6, 6.07) is 7.85. The largest absolute Gasteiger partial charge is 0.370 e. The van der Waals surface area contributed by atoms with Gasteiger partial charge in [0.25, 0.3) is 5.91 Å². The molecule has 4 heteroatoms. The summed E-state index contributed by atoms with van der Waals surface area (Å²) in [5.74, 6) is 0.747. The maximum absolute atomic E-state index is 12.4. The zero-order chi connectivity index (χ0) is 15.5. The van der Waals surface area contributed by atoms with E-state index in [2.05, 4.69) is 36.4 Å². The number of aromatic nitrogens is 1. The minimum Gasteiger partial charge on any atom is -0.370 e. The Morgan fingerprint density at radius 2 is 1.86 bits per heavy atom. The molecule has 4 nitrogen and oxygen atoms in total. The Hall–Kier alpha value is -2.10. The molecule has 0 aliphatic carbocycles. The van der Waals surface area contributed by atoms with Crippen LogP contribution >= 0.6 is 0 Å². The van der Waals surface area contributed by atoms with Crippen molar-refractivity contribution in [2.24, 2.45) is 5.41 Å². The first kappa shape index (κ1) is 15.3. The summed E-state index contributed by atoms with van der Waals surface area (Å²) in [5, 5.41) is 8.11. The Bertz CT molecular complexity index is 644. The van der Waals surface area contributed by atoms with Gasteiger partial charge in [0.05, 0.1) is 5.56 Å². The predicted molar refractivity (Wildman–Crippen MR) is 87.7 cm³/mol. The SMILES string of the molecule is CCNc1ncc(C(=O)NCC(C)(C)C)c2ccccc12. The number of carbonyl (C=O) groups is 1. The number of benzene rings is 1. The average molecular weight is 285 g/mol. The molecule has 1 amide bonds. The molecule has 1 aromatic heterocycles. The molecule has 0 unspecified atom stereocenters. The van der Waals surface area contributed by atoms with E-state index in [1.807, 2.05) is 31.2 Å². The number of nitrogens with one attached hydrogen (secondary N) is 2. The smallest absolute Gasteiger partial charge is 0.253 e. The number of nitrogens with zero attached hydrogens (tertiary/aromatic N) is 1. The predicted octanol–water partition coefficient (Wildman–Crippen LogP) is 3.44. The first-order chi connectivity index (χ1) is 9.92. The Balaban J connectivity index is 2.37. The van der Waals surface area contributed by atoms with Crippen LogP contribution in [0.2, 0.25) is 0 Å². The minimum absolute atomic E-state index is 0.0581. The summed E-state index contributed by atoms with van der Waals surface area (Å²) in [7, 11) is 0. The van der Waals surface area contributed by atoms with E-state index in [1.54, 1.807) is 6.20 Å². The van der Waals surface area contributed by atoms with Gasteiger partial charge in [-0.1, -0.05) is 45.0 Å². The van der Waals surface area contributed by atoms with Crippen molar-refractivity contribution in [3.05, 3.63) is 36.0 Å². The average Bonchev–Trinajstić information content (AvgIpc) is 2.44. The molecule has 0 bridgehead atoms. The second-order valence-electron chi connectivity index (χ2n) is 6.34. The van der Waals surface area contributed by atoms with Crippen LogP contribution in [0.4, 0.5) is 5.82 Å². The van der Waals surface area contributed by atoms with Gasteiger partial charge in [0.2, 0.25) is 0 Å². The molecule has 1 heterocycles. The van der Waals surface area contributed by atoms with E-state index < -0.39 is 0 Å².